The number of thioether (sulfide) groups is 1. The maximum absolute atomic E-state index is 12.4. The second-order valence-electron chi connectivity index (χ2n) is 5.36. The lowest BCUT2D eigenvalue weighted by Gasteiger charge is -2.29. The van der Waals surface area contributed by atoms with Crippen LogP contribution in [-0.4, -0.2) is 48.2 Å². The fraction of sp³-hybridized carbons (Fsp3) is 0.529. The SMILES string of the molecule is CCOC(=O)CC(=O)N1CCSC1C(C)c1ccccc1OC. The topological polar surface area (TPSA) is 55.8 Å². The van der Waals surface area contributed by atoms with Crippen LogP contribution in [0, 0.1) is 0 Å². The van der Waals surface area contributed by atoms with Gasteiger partial charge in [0.15, 0.2) is 0 Å². The monoisotopic (exact) mass is 337 g/mol. The molecule has 126 valence electrons. The summed E-state index contributed by atoms with van der Waals surface area (Å²) in [7, 11) is 1.65. The predicted molar refractivity (Wildman–Crippen MR) is 90.6 cm³/mol. The minimum Gasteiger partial charge on any atom is -0.496 e. The zero-order valence-corrected chi connectivity index (χ0v) is 14.6. The summed E-state index contributed by atoms with van der Waals surface area (Å²) in [6.45, 7) is 4.78. The molecule has 5 nitrogen and oxygen atoms in total. The Balaban J connectivity index is 2.11. The van der Waals surface area contributed by atoms with E-state index in [1.54, 1.807) is 30.7 Å². The molecule has 0 N–H and O–H groups in total. The Morgan fingerprint density at radius 2 is 2.13 bits per heavy atom. The van der Waals surface area contributed by atoms with Crippen LogP contribution in [-0.2, 0) is 14.3 Å². The number of carbonyl (C=O) groups excluding carboxylic acids is 2. The third-order valence-corrected chi connectivity index (χ3v) is 5.33. The molecule has 2 atom stereocenters. The van der Waals surface area contributed by atoms with Gasteiger partial charge in [-0.15, -0.1) is 11.8 Å². The molecule has 1 aromatic carbocycles. The number of hydrogen-bond donors (Lipinski definition) is 0. The first-order chi connectivity index (χ1) is 11.1. The van der Waals surface area contributed by atoms with Gasteiger partial charge in [-0.1, -0.05) is 25.1 Å². The van der Waals surface area contributed by atoms with Crippen molar-refractivity contribution in [1.29, 1.82) is 0 Å². The maximum Gasteiger partial charge on any atom is 0.315 e. The van der Waals surface area contributed by atoms with Gasteiger partial charge in [-0.05, 0) is 18.6 Å². The van der Waals surface area contributed by atoms with E-state index >= 15 is 0 Å². The molecule has 2 unspecified atom stereocenters. The summed E-state index contributed by atoms with van der Waals surface area (Å²) in [6.07, 6.45) is -0.191. The molecule has 0 saturated carbocycles. The number of rotatable bonds is 6. The van der Waals surface area contributed by atoms with E-state index in [1.165, 1.54) is 0 Å². The third kappa shape index (κ3) is 4.19. The molecule has 0 aliphatic carbocycles. The van der Waals surface area contributed by atoms with Gasteiger partial charge in [0, 0.05) is 18.2 Å². The fourth-order valence-electron chi connectivity index (χ4n) is 2.80. The van der Waals surface area contributed by atoms with E-state index in [0.29, 0.717) is 13.2 Å². The Kier molecular flexibility index (Phi) is 6.33. The van der Waals surface area contributed by atoms with Gasteiger partial charge in [0.1, 0.15) is 12.2 Å². The van der Waals surface area contributed by atoms with Crippen LogP contribution >= 0.6 is 11.8 Å². The highest BCUT2D eigenvalue weighted by molar-refractivity contribution is 8.00. The Labute approximate surface area is 141 Å². The number of hydrogen-bond acceptors (Lipinski definition) is 5. The molecule has 0 spiro atoms. The Bertz CT molecular complexity index is 563. The standard InChI is InChI=1S/C17H23NO4S/c1-4-22-16(20)11-15(19)18-9-10-23-17(18)12(2)13-7-5-6-8-14(13)21-3/h5-8,12,17H,4,9-11H2,1-3H3. The van der Waals surface area contributed by atoms with Crippen LogP contribution < -0.4 is 4.74 Å². The van der Waals surface area contributed by atoms with E-state index in [-0.39, 0.29) is 23.6 Å². The Morgan fingerprint density at radius 3 is 2.83 bits per heavy atom. The Morgan fingerprint density at radius 1 is 1.39 bits per heavy atom. The van der Waals surface area contributed by atoms with E-state index < -0.39 is 5.97 Å². The van der Waals surface area contributed by atoms with E-state index in [2.05, 4.69) is 6.92 Å². The zero-order chi connectivity index (χ0) is 16.8. The highest BCUT2D eigenvalue weighted by Crippen LogP contribution is 2.39. The van der Waals surface area contributed by atoms with Crippen LogP contribution in [0.15, 0.2) is 24.3 Å². The van der Waals surface area contributed by atoms with Gasteiger partial charge in [-0.25, -0.2) is 0 Å². The molecule has 1 heterocycles. The van der Waals surface area contributed by atoms with E-state index in [0.717, 1.165) is 17.1 Å². The summed E-state index contributed by atoms with van der Waals surface area (Å²) in [5, 5.41) is 0.00762. The van der Waals surface area contributed by atoms with Crippen LogP contribution in [0.4, 0.5) is 0 Å². The van der Waals surface area contributed by atoms with Gasteiger partial charge in [0.25, 0.3) is 0 Å². The molecule has 1 aliphatic heterocycles. The van der Waals surface area contributed by atoms with E-state index in [1.807, 2.05) is 24.3 Å². The number of carbonyl (C=O) groups is 2. The molecule has 1 amide bonds. The number of esters is 1. The van der Waals surface area contributed by atoms with Crippen molar-refractivity contribution in [1.82, 2.24) is 4.90 Å². The fourth-order valence-corrected chi connectivity index (χ4v) is 4.18. The largest absolute Gasteiger partial charge is 0.496 e. The molecule has 2 rings (SSSR count). The second-order valence-corrected chi connectivity index (χ2v) is 6.59. The van der Waals surface area contributed by atoms with Crippen molar-refractivity contribution < 1.29 is 19.1 Å². The number of benzene rings is 1. The highest BCUT2D eigenvalue weighted by Gasteiger charge is 2.35. The molecule has 1 fully saturated rings. The van der Waals surface area contributed by atoms with Gasteiger partial charge >= 0.3 is 5.97 Å². The smallest absolute Gasteiger partial charge is 0.315 e. The molecular weight excluding hydrogens is 314 g/mol. The molecule has 1 saturated heterocycles. The summed E-state index contributed by atoms with van der Waals surface area (Å²) >= 11 is 1.74. The van der Waals surface area contributed by atoms with Gasteiger partial charge in [-0.2, -0.15) is 0 Å². The van der Waals surface area contributed by atoms with Crippen LogP contribution in [0.3, 0.4) is 0 Å². The third-order valence-electron chi connectivity index (χ3n) is 3.91. The number of para-hydroxylation sites is 1. The minimum absolute atomic E-state index is 0.00762. The van der Waals surface area contributed by atoms with Crippen molar-refractivity contribution in [2.24, 2.45) is 0 Å². The van der Waals surface area contributed by atoms with Crippen molar-refractivity contribution in [3.63, 3.8) is 0 Å². The molecule has 1 aromatic rings. The maximum atomic E-state index is 12.4. The van der Waals surface area contributed by atoms with Gasteiger partial charge < -0.3 is 14.4 Å². The number of nitrogens with zero attached hydrogens (tertiary/aromatic N) is 1. The summed E-state index contributed by atoms with van der Waals surface area (Å²) < 4.78 is 10.3. The lowest BCUT2D eigenvalue weighted by molar-refractivity contribution is -0.148. The van der Waals surface area contributed by atoms with Crippen LogP contribution in [0.1, 0.15) is 31.7 Å². The van der Waals surface area contributed by atoms with Gasteiger partial charge in [-0.3, -0.25) is 9.59 Å². The second kappa shape index (κ2) is 8.24. The van der Waals surface area contributed by atoms with Crippen LogP contribution in [0.25, 0.3) is 0 Å². The van der Waals surface area contributed by atoms with Gasteiger partial charge in [0.2, 0.25) is 5.91 Å². The quantitative estimate of drug-likeness (QED) is 0.590. The summed E-state index contributed by atoms with van der Waals surface area (Å²) in [5.74, 6) is 1.19. The average Bonchev–Trinajstić information content (AvgIpc) is 3.04. The van der Waals surface area contributed by atoms with Crippen molar-refractivity contribution in [2.45, 2.75) is 31.6 Å². The summed E-state index contributed by atoms with van der Waals surface area (Å²) in [6, 6.07) is 7.85. The molecule has 1 aliphatic rings. The van der Waals surface area contributed by atoms with Crippen LogP contribution in [0.2, 0.25) is 0 Å². The highest BCUT2D eigenvalue weighted by atomic mass is 32.2. The minimum atomic E-state index is -0.460. The number of ether oxygens (including phenoxy) is 2. The first kappa shape index (κ1) is 17.7. The first-order valence-electron chi connectivity index (χ1n) is 7.78. The molecule has 6 heteroatoms. The molecule has 0 aromatic heterocycles. The molecule has 0 radical (unpaired) electrons. The number of methoxy groups -OCH3 is 1. The van der Waals surface area contributed by atoms with E-state index in [9.17, 15) is 9.59 Å². The molecule has 23 heavy (non-hydrogen) atoms. The van der Waals surface area contributed by atoms with Crippen molar-refractivity contribution in [3.05, 3.63) is 29.8 Å². The predicted octanol–water partition coefficient (Wildman–Crippen LogP) is 2.65. The van der Waals surface area contributed by atoms with Crippen molar-refractivity contribution in [3.8, 4) is 5.75 Å². The van der Waals surface area contributed by atoms with Crippen molar-refractivity contribution in [2.75, 3.05) is 26.0 Å². The average molecular weight is 337 g/mol. The lowest BCUT2D eigenvalue weighted by atomic mass is 9.99. The van der Waals surface area contributed by atoms with Crippen LogP contribution in [0.5, 0.6) is 5.75 Å². The number of amides is 1. The summed E-state index contributed by atoms with van der Waals surface area (Å²) in [5.41, 5.74) is 1.07. The molecule has 0 bridgehead atoms. The first-order valence-corrected chi connectivity index (χ1v) is 8.83. The van der Waals surface area contributed by atoms with Crippen molar-refractivity contribution >= 4 is 23.6 Å². The summed E-state index contributed by atoms with van der Waals surface area (Å²) in [4.78, 5) is 25.8. The lowest BCUT2D eigenvalue weighted by Crippen LogP contribution is -2.38. The van der Waals surface area contributed by atoms with E-state index in [4.69, 9.17) is 9.47 Å². The normalized spacial score (nSPS) is 18.6. The zero-order valence-electron chi connectivity index (χ0n) is 13.8. The Hall–Kier alpha value is -1.69. The van der Waals surface area contributed by atoms with Gasteiger partial charge in [0.05, 0.1) is 19.1 Å². The molecular formula is C17H23NO4S.